The molecule has 0 spiro atoms. The smallest absolute Gasteiger partial charge is 0.232 e. The molecule has 1 N–H and O–H groups in total. The van der Waals surface area contributed by atoms with E-state index >= 15 is 0 Å². The maximum atomic E-state index is 12.2. The highest BCUT2D eigenvalue weighted by Gasteiger charge is 2.19. The molecule has 0 aliphatic carbocycles. The van der Waals surface area contributed by atoms with E-state index in [-0.39, 0.29) is 18.9 Å². The minimum atomic E-state index is -3.52. The standard InChI is InChI=1S/C19H23ClN2O3S/c1-14(2)15-7-9-17(10-8-15)21-19(23)11-12-22(26(3,24)25)18-6-4-5-16(20)13-18/h4-10,13-14H,11-12H2,1-3H3,(H,21,23). The second-order valence-corrected chi connectivity index (χ2v) is 8.73. The van der Waals surface area contributed by atoms with Crippen molar-refractivity contribution >= 4 is 38.9 Å². The van der Waals surface area contributed by atoms with E-state index in [1.165, 1.54) is 9.87 Å². The Balaban J connectivity index is 2.03. The molecule has 26 heavy (non-hydrogen) atoms. The number of sulfonamides is 1. The molecule has 5 nitrogen and oxygen atoms in total. The molecule has 0 bridgehead atoms. The Kier molecular flexibility index (Phi) is 6.67. The van der Waals surface area contributed by atoms with Gasteiger partial charge in [-0.05, 0) is 41.8 Å². The number of halogens is 1. The van der Waals surface area contributed by atoms with Crippen LogP contribution in [-0.4, -0.2) is 27.1 Å². The number of anilines is 2. The van der Waals surface area contributed by atoms with Crippen molar-refractivity contribution in [3.05, 3.63) is 59.1 Å². The van der Waals surface area contributed by atoms with Gasteiger partial charge in [-0.2, -0.15) is 0 Å². The topological polar surface area (TPSA) is 66.5 Å². The maximum absolute atomic E-state index is 12.2. The van der Waals surface area contributed by atoms with Crippen molar-refractivity contribution in [3.8, 4) is 0 Å². The van der Waals surface area contributed by atoms with Crippen LogP contribution in [-0.2, 0) is 14.8 Å². The second kappa shape index (κ2) is 8.56. The molecule has 2 aromatic carbocycles. The van der Waals surface area contributed by atoms with Crippen molar-refractivity contribution in [2.45, 2.75) is 26.2 Å². The van der Waals surface area contributed by atoms with E-state index < -0.39 is 10.0 Å². The lowest BCUT2D eigenvalue weighted by Crippen LogP contribution is -2.33. The Labute approximate surface area is 160 Å². The number of hydrogen-bond donors (Lipinski definition) is 1. The molecule has 2 rings (SSSR count). The van der Waals surface area contributed by atoms with Gasteiger partial charge in [-0.3, -0.25) is 9.10 Å². The van der Waals surface area contributed by atoms with E-state index in [0.717, 1.165) is 6.26 Å². The SMILES string of the molecule is CC(C)c1ccc(NC(=O)CCN(c2cccc(Cl)c2)S(C)(=O)=O)cc1. The number of amides is 1. The summed E-state index contributed by atoms with van der Waals surface area (Å²) in [6.07, 6.45) is 1.14. The fourth-order valence-corrected chi connectivity index (χ4v) is 3.60. The van der Waals surface area contributed by atoms with E-state index in [2.05, 4.69) is 19.2 Å². The molecule has 0 saturated heterocycles. The summed E-state index contributed by atoms with van der Waals surface area (Å²) in [6.45, 7) is 4.24. The maximum Gasteiger partial charge on any atom is 0.232 e. The third-order valence-electron chi connectivity index (χ3n) is 3.90. The number of nitrogens with zero attached hydrogens (tertiary/aromatic N) is 1. The Morgan fingerprint density at radius 1 is 1.15 bits per heavy atom. The molecule has 0 saturated carbocycles. The van der Waals surface area contributed by atoms with Crippen molar-refractivity contribution in [3.63, 3.8) is 0 Å². The average Bonchev–Trinajstić information content (AvgIpc) is 2.54. The van der Waals surface area contributed by atoms with Crippen LogP contribution in [0.1, 0.15) is 31.7 Å². The van der Waals surface area contributed by atoms with E-state index in [4.69, 9.17) is 11.6 Å². The average molecular weight is 395 g/mol. The van der Waals surface area contributed by atoms with Gasteiger partial charge < -0.3 is 5.32 Å². The summed E-state index contributed by atoms with van der Waals surface area (Å²) in [5.74, 6) is 0.166. The quantitative estimate of drug-likeness (QED) is 0.763. The monoisotopic (exact) mass is 394 g/mol. The van der Waals surface area contributed by atoms with Gasteiger partial charge in [-0.15, -0.1) is 0 Å². The molecule has 1 amide bonds. The summed E-state index contributed by atoms with van der Waals surface area (Å²) in [5.41, 5.74) is 2.31. The van der Waals surface area contributed by atoms with Crippen LogP contribution in [0.2, 0.25) is 5.02 Å². The van der Waals surface area contributed by atoms with Crippen LogP contribution in [0.3, 0.4) is 0 Å². The van der Waals surface area contributed by atoms with Crippen molar-refractivity contribution < 1.29 is 13.2 Å². The summed E-state index contributed by atoms with van der Waals surface area (Å²) in [5, 5.41) is 3.23. The molecular formula is C19H23ClN2O3S. The molecule has 0 aliphatic heterocycles. The number of carbonyl (C=O) groups is 1. The number of hydrogen-bond acceptors (Lipinski definition) is 3. The molecule has 7 heteroatoms. The summed E-state index contributed by atoms with van der Waals surface area (Å²) in [4.78, 5) is 12.2. The van der Waals surface area contributed by atoms with Gasteiger partial charge in [0.25, 0.3) is 0 Å². The van der Waals surface area contributed by atoms with Crippen LogP contribution in [0.4, 0.5) is 11.4 Å². The first kappa shape index (κ1) is 20.3. The highest BCUT2D eigenvalue weighted by atomic mass is 35.5. The van der Waals surface area contributed by atoms with Gasteiger partial charge in [0.05, 0.1) is 11.9 Å². The predicted molar refractivity (Wildman–Crippen MR) is 107 cm³/mol. The van der Waals surface area contributed by atoms with Gasteiger partial charge in [0.2, 0.25) is 15.9 Å². The summed E-state index contributed by atoms with van der Waals surface area (Å²) in [7, 11) is -3.52. The van der Waals surface area contributed by atoms with Crippen LogP contribution in [0.15, 0.2) is 48.5 Å². The van der Waals surface area contributed by atoms with Crippen LogP contribution >= 0.6 is 11.6 Å². The molecular weight excluding hydrogens is 372 g/mol. The summed E-state index contributed by atoms with van der Waals surface area (Å²) in [6, 6.07) is 14.2. The third-order valence-corrected chi connectivity index (χ3v) is 5.33. The third kappa shape index (κ3) is 5.75. The fraction of sp³-hybridized carbons (Fsp3) is 0.316. The molecule has 0 aliphatic rings. The Hall–Kier alpha value is -2.05. The van der Waals surface area contributed by atoms with E-state index in [1.54, 1.807) is 24.3 Å². The molecule has 0 unspecified atom stereocenters. The summed E-state index contributed by atoms with van der Waals surface area (Å²) < 4.78 is 25.3. The van der Waals surface area contributed by atoms with Crippen molar-refractivity contribution in [2.75, 3.05) is 22.4 Å². The lowest BCUT2D eigenvalue weighted by molar-refractivity contribution is -0.116. The predicted octanol–water partition coefficient (Wildman–Crippen LogP) is 4.26. The van der Waals surface area contributed by atoms with Crippen LogP contribution in [0, 0.1) is 0 Å². The van der Waals surface area contributed by atoms with Crippen molar-refractivity contribution in [2.24, 2.45) is 0 Å². The molecule has 0 aromatic heterocycles. The van der Waals surface area contributed by atoms with Gasteiger partial charge in [0.1, 0.15) is 0 Å². The first-order valence-electron chi connectivity index (χ1n) is 8.30. The number of nitrogens with one attached hydrogen (secondary N) is 1. The fourth-order valence-electron chi connectivity index (χ4n) is 2.50. The van der Waals surface area contributed by atoms with E-state index in [9.17, 15) is 13.2 Å². The molecule has 0 fully saturated rings. The zero-order chi connectivity index (χ0) is 19.3. The van der Waals surface area contributed by atoms with Gasteiger partial charge in [0, 0.05) is 23.7 Å². The Morgan fingerprint density at radius 2 is 1.81 bits per heavy atom. The molecule has 0 heterocycles. The minimum Gasteiger partial charge on any atom is -0.326 e. The van der Waals surface area contributed by atoms with E-state index in [0.29, 0.717) is 22.3 Å². The lowest BCUT2D eigenvalue weighted by atomic mass is 10.0. The number of carbonyl (C=O) groups excluding carboxylic acids is 1. The summed E-state index contributed by atoms with van der Waals surface area (Å²) >= 11 is 5.94. The number of benzene rings is 2. The van der Waals surface area contributed by atoms with Crippen molar-refractivity contribution in [1.82, 2.24) is 0 Å². The molecule has 0 atom stereocenters. The van der Waals surface area contributed by atoms with Crippen molar-refractivity contribution in [1.29, 1.82) is 0 Å². The second-order valence-electron chi connectivity index (χ2n) is 6.39. The highest BCUT2D eigenvalue weighted by molar-refractivity contribution is 7.92. The largest absolute Gasteiger partial charge is 0.326 e. The van der Waals surface area contributed by atoms with E-state index in [1.807, 2.05) is 24.3 Å². The Bertz CT molecular complexity index is 865. The van der Waals surface area contributed by atoms with Gasteiger partial charge in [-0.25, -0.2) is 8.42 Å². The van der Waals surface area contributed by atoms with Crippen LogP contribution < -0.4 is 9.62 Å². The first-order valence-corrected chi connectivity index (χ1v) is 10.5. The van der Waals surface area contributed by atoms with Crippen LogP contribution in [0.5, 0.6) is 0 Å². The van der Waals surface area contributed by atoms with Crippen LogP contribution in [0.25, 0.3) is 0 Å². The molecule has 0 radical (unpaired) electrons. The highest BCUT2D eigenvalue weighted by Crippen LogP contribution is 2.22. The Morgan fingerprint density at radius 3 is 2.35 bits per heavy atom. The molecule has 140 valence electrons. The lowest BCUT2D eigenvalue weighted by Gasteiger charge is -2.22. The molecule has 2 aromatic rings. The first-order chi connectivity index (χ1) is 12.2. The normalized spacial score (nSPS) is 11.4. The van der Waals surface area contributed by atoms with Gasteiger partial charge in [-0.1, -0.05) is 43.6 Å². The van der Waals surface area contributed by atoms with Gasteiger partial charge in [0.15, 0.2) is 0 Å². The zero-order valence-corrected chi connectivity index (χ0v) is 16.6. The minimum absolute atomic E-state index is 0.0332. The zero-order valence-electron chi connectivity index (χ0n) is 15.1. The van der Waals surface area contributed by atoms with Gasteiger partial charge >= 0.3 is 0 Å². The number of rotatable bonds is 7.